The Labute approximate surface area is 75.7 Å². The quantitative estimate of drug-likeness (QED) is 0.510. The number of hydrogen-bond acceptors (Lipinski definition) is 3. The molecule has 0 radical (unpaired) electrons. The van der Waals surface area contributed by atoms with E-state index in [0.717, 1.165) is 5.56 Å². The number of carbonyl (C=O) groups excluding carboxylic acids is 1. The minimum absolute atomic E-state index is 0.673. The van der Waals surface area contributed by atoms with E-state index < -0.39 is 6.03 Å². The maximum atomic E-state index is 10.3. The van der Waals surface area contributed by atoms with Crippen LogP contribution < -0.4 is 11.2 Å². The zero-order chi connectivity index (χ0) is 9.68. The van der Waals surface area contributed by atoms with Crippen molar-refractivity contribution >= 4 is 11.7 Å². The number of hydrazone groups is 1. The van der Waals surface area contributed by atoms with Crippen molar-refractivity contribution < 1.29 is 4.79 Å². The van der Waals surface area contributed by atoms with Crippen LogP contribution >= 0.6 is 0 Å². The van der Waals surface area contributed by atoms with Crippen molar-refractivity contribution in [2.24, 2.45) is 10.8 Å². The molecule has 2 amide bonds. The van der Waals surface area contributed by atoms with Crippen molar-refractivity contribution in [2.45, 2.75) is 6.92 Å². The lowest BCUT2D eigenvalue weighted by Gasteiger charge is -1.98. The molecule has 0 saturated carbocycles. The summed E-state index contributed by atoms with van der Waals surface area (Å²) in [5.74, 6) is 0. The molecule has 68 valence electrons. The lowest BCUT2D eigenvalue weighted by molar-refractivity contribution is 0.249. The average Bonchev–Trinajstić information content (AvgIpc) is 2.15. The van der Waals surface area contributed by atoms with Gasteiger partial charge in [0.1, 0.15) is 0 Å². The Kier molecular flexibility index (Phi) is 2.97. The van der Waals surface area contributed by atoms with Crippen molar-refractivity contribution in [2.75, 3.05) is 0 Å². The highest BCUT2D eigenvalue weighted by Gasteiger charge is 1.95. The number of amides is 2. The highest BCUT2D eigenvalue weighted by Crippen LogP contribution is 1.97. The van der Waals surface area contributed by atoms with Crippen LogP contribution in [-0.4, -0.2) is 16.7 Å². The number of primary amides is 1. The molecule has 0 aliphatic heterocycles. The van der Waals surface area contributed by atoms with Crippen LogP contribution in [0.3, 0.4) is 0 Å². The number of nitrogens with one attached hydrogen (secondary N) is 1. The third-order valence-electron chi connectivity index (χ3n) is 1.43. The summed E-state index contributed by atoms with van der Waals surface area (Å²) in [4.78, 5) is 14.2. The summed E-state index contributed by atoms with van der Waals surface area (Å²) in [5.41, 5.74) is 8.57. The lowest BCUT2D eigenvalue weighted by atomic mass is 10.2. The third kappa shape index (κ3) is 2.90. The molecular weight excluding hydrogens is 168 g/mol. The molecule has 0 aliphatic carbocycles. The molecular formula is C8H10N4O. The van der Waals surface area contributed by atoms with Crippen molar-refractivity contribution in [3.63, 3.8) is 0 Å². The van der Waals surface area contributed by atoms with E-state index in [1.807, 2.05) is 0 Å². The molecule has 3 N–H and O–H groups in total. The molecule has 5 nitrogen and oxygen atoms in total. The molecule has 0 fully saturated rings. The Morgan fingerprint density at radius 1 is 1.54 bits per heavy atom. The summed E-state index contributed by atoms with van der Waals surface area (Å²) in [7, 11) is 0. The van der Waals surface area contributed by atoms with Gasteiger partial charge in [-0.15, -0.1) is 0 Å². The number of pyridine rings is 1. The number of hydrogen-bond donors (Lipinski definition) is 2. The largest absolute Gasteiger partial charge is 0.350 e. The first-order valence-corrected chi connectivity index (χ1v) is 3.70. The summed E-state index contributed by atoms with van der Waals surface area (Å²) < 4.78 is 0. The smallest absolute Gasteiger partial charge is 0.332 e. The van der Waals surface area contributed by atoms with Crippen molar-refractivity contribution in [1.82, 2.24) is 10.4 Å². The second-order valence-electron chi connectivity index (χ2n) is 2.41. The Morgan fingerprint density at radius 2 is 2.15 bits per heavy atom. The van der Waals surface area contributed by atoms with Gasteiger partial charge in [0.25, 0.3) is 0 Å². The highest BCUT2D eigenvalue weighted by molar-refractivity contribution is 5.98. The predicted molar refractivity (Wildman–Crippen MR) is 49.2 cm³/mol. The van der Waals surface area contributed by atoms with Gasteiger partial charge in [-0.2, -0.15) is 5.10 Å². The fourth-order valence-electron chi connectivity index (χ4n) is 0.797. The van der Waals surface area contributed by atoms with Crippen molar-refractivity contribution in [1.29, 1.82) is 0 Å². The van der Waals surface area contributed by atoms with E-state index in [-0.39, 0.29) is 0 Å². The molecule has 1 aromatic heterocycles. The minimum Gasteiger partial charge on any atom is -0.350 e. The SMILES string of the molecule is C/C(=N\NC(N)=O)c1ccncc1. The van der Waals surface area contributed by atoms with Gasteiger partial charge in [-0.25, -0.2) is 10.2 Å². The number of rotatable bonds is 2. The molecule has 0 saturated heterocycles. The number of nitrogens with two attached hydrogens (primary N) is 1. The Balaban J connectivity index is 2.73. The van der Waals surface area contributed by atoms with Gasteiger partial charge in [-0.05, 0) is 19.1 Å². The number of carbonyl (C=O) groups is 1. The fraction of sp³-hybridized carbons (Fsp3) is 0.125. The number of nitrogens with zero attached hydrogens (tertiary/aromatic N) is 2. The molecule has 0 aromatic carbocycles. The molecule has 1 heterocycles. The van der Waals surface area contributed by atoms with E-state index in [1.165, 1.54) is 0 Å². The maximum absolute atomic E-state index is 10.3. The number of urea groups is 1. The van der Waals surface area contributed by atoms with E-state index in [9.17, 15) is 4.79 Å². The van der Waals surface area contributed by atoms with Crippen LogP contribution in [0.25, 0.3) is 0 Å². The van der Waals surface area contributed by atoms with Gasteiger partial charge in [0.05, 0.1) is 5.71 Å². The van der Waals surface area contributed by atoms with E-state index in [4.69, 9.17) is 5.73 Å². The normalized spacial score (nSPS) is 11.0. The van der Waals surface area contributed by atoms with Crippen LogP contribution in [0.15, 0.2) is 29.6 Å². The fourth-order valence-corrected chi connectivity index (χ4v) is 0.797. The summed E-state index contributed by atoms with van der Waals surface area (Å²) >= 11 is 0. The van der Waals surface area contributed by atoms with Crippen LogP contribution in [-0.2, 0) is 0 Å². The molecule has 1 rings (SSSR count). The molecule has 0 aliphatic rings. The van der Waals surface area contributed by atoms with Gasteiger partial charge in [0.15, 0.2) is 0 Å². The second-order valence-corrected chi connectivity index (χ2v) is 2.41. The van der Waals surface area contributed by atoms with Gasteiger partial charge >= 0.3 is 6.03 Å². The van der Waals surface area contributed by atoms with Gasteiger partial charge in [-0.3, -0.25) is 4.98 Å². The van der Waals surface area contributed by atoms with E-state index in [0.29, 0.717) is 5.71 Å². The van der Waals surface area contributed by atoms with Gasteiger partial charge < -0.3 is 5.73 Å². The van der Waals surface area contributed by atoms with E-state index in [1.54, 1.807) is 31.5 Å². The first kappa shape index (κ1) is 9.18. The predicted octanol–water partition coefficient (Wildman–Crippen LogP) is 0.474. The minimum atomic E-state index is -0.673. The molecule has 1 aromatic rings. The summed E-state index contributed by atoms with van der Waals surface area (Å²) in [6.07, 6.45) is 3.30. The summed E-state index contributed by atoms with van der Waals surface area (Å²) in [5, 5.41) is 3.76. The maximum Gasteiger partial charge on any atom is 0.332 e. The highest BCUT2D eigenvalue weighted by atomic mass is 16.2. The van der Waals surface area contributed by atoms with Gasteiger partial charge in [0.2, 0.25) is 0 Å². The van der Waals surface area contributed by atoms with Crippen LogP contribution in [0.2, 0.25) is 0 Å². The van der Waals surface area contributed by atoms with Crippen molar-refractivity contribution in [3.8, 4) is 0 Å². The zero-order valence-corrected chi connectivity index (χ0v) is 7.19. The summed E-state index contributed by atoms with van der Waals surface area (Å²) in [6.45, 7) is 1.77. The molecule has 0 bridgehead atoms. The van der Waals surface area contributed by atoms with Crippen LogP contribution in [0.5, 0.6) is 0 Å². The molecule has 0 spiro atoms. The first-order valence-electron chi connectivity index (χ1n) is 3.70. The zero-order valence-electron chi connectivity index (χ0n) is 7.19. The summed E-state index contributed by atoms with van der Waals surface area (Å²) in [6, 6.07) is 2.91. The lowest BCUT2D eigenvalue weighted by Crippen LogP contribution is -2.25. The Bertz CT molecular complexity index is 320. The van der Waals surface area contributed by atoms with Crippen LogP contribution in [0.4, 0.5) is 4.79 Å². The molecule has 0 atom stereocenters. The second kappa shape index (κ2) is 4.20. The topological polar surface area (TPSA) is 80.4 Å². The Morgan fingerprint density at radius 3 is 2.69 bits per heavy atom. The average molecular weight is 178 g/mol. The van der Waals surface area contributed by atoms with Crippen LogP contribution in [0.1, 0.15) is 12.5 Å². The first-order chi connectivity index (χ1) is 6.20. The molecule has 5 heteroatoms. The van der Waals surface area contributed by atoms with Crippen molar-refractivity contribution in [3.05, 3.63) is 30.1 Å². The van der Waals surface area contributed by atoms with E-state index >= 15 is 0 Å². The van der Waals surface area contributed by atoms with Crippen LogP contribution in [0, 0.1) is 0 Å². The van der Waals surface area contributed by atoms with Gasteiger partial charge in [0, 0.05) is 18.0 Å². The Hall–Kier alpha value is -1.91. The third-order valence-corrected chi connectivity index (χ3v) is 1.43. The number of aromatic nitrogens is 1. The molecule has 0 unspecified atom stereocenters. The van der Waals surface area contributed by atoms with E-state index in [2.05, 4.69) is 15.5 Å². The monoisotopic (exact) mass is 178 g/mol. The van der Waals surface area contributed by atoms with Gasteiger partial charge in [-0.1, -0.05) is 0 Å². The molecule has 13 heavy (non-hydrogen) atoms. The standard InChI is InChI=1S/C8H10N4O/c1-6(11-12-8(9)13)7-2-4-10-5-3-7/h2-5H,1H3,(H3,9,12,13)/b11-6+.